The fourth-order valence-corrected chi connectivity index (χ4v) is 5.54. The quantitative estimate of drug-likeness (QED) is 0.854. The van der Waals surface area contributed by atoms with Gasteiger partial charge in [0, 0.05) is 24.5 Å². The van der Waals surface area contributed by atoms with E-state index in [1.807, 2.05) is 12.3 Å². The van der Waals surface area contributed by atoms with E-state index in [4.69, 9.17) is 5.73 Å². The molecule has 0 bridgehead atoms. The molecule has 5 nitrogen and oxygen atoms in total. The van der Waals surface area contributed by atoms with Gasteiger partial charge in [0.15, 0.2) is 0 Å². The SMILES string of the molecule is Cc1csc(CN)c1S(=O)(=O)NCC1CCCN(C)C1. The minimum atomic E-state index is -3.45. The van der Waals surface area contributed by atoms with E-state index >= 15 is 0 Å². The zero-order valence-electron chi connectivity index (χ0n) is 12.1. The largest absolute Gasteiger partial charge is 0.326 e. The average Bonchev–Trinajstić information content (AvgIpc) is 2.78. The van der Waals surface area contributed by atoms with E-state index in [0.717, 1.165) is 36.4 Å². The average molecular weight is 317 g/mol. The molecule has 0 spiro atoms. The number of aryl methyl sites for hydroxylation is 1. The summed E-state index contributed by atoms with van der Waals surface area (Å²) < 4.78 is 27.7. The highest BCUT2D eigenvalue weighted by Crippen LogP contribution is 2.26. The van der Waals surface area contributed by atoms with Gasteiger partial charge >= 0.3 is 0 Å². The smallest absolute Gasteiger partial charge is 0.241 e. The molecule has 0 radical (unpaired) electrons. The molecule has 0 saturated carbocycles. The summed E-state index contributed by atoms with van der Waals surface area (Å²) in [7, 11) is -1.37. The van der Waals surface area contributed by atoms with Gasteiger partial charge in [-0.3, -0.25) is 0 Å². The fourth-order valence-electron chi connectivity index (χ4n) is 2.73. The molecule has 1 fully saturated rings. The van der Waals surface area contributed by atoms with Crippen LogP contribution in [0.25, 0.3) is 0 Å². The van der Waals surface area contributed by atoms with Crippen LogP contribution in [0.3, 0.4) is 0 Å². The Morgan fingerprint density at radius 1 is 1.55 bits per heavy atom. The Bertz CT molecular complexity index is 554. The summed E-state index contributed by atoms with van der Waals surface area (Å²) >= 11 is 1.41. The summed E-state index contributed by atoms with van der Waals surface area (Å²) in [5.41, 5.74) is 6.41. The molecule has 1 aliphatic heterocycles. The molecule has 1 saturated heterocycles. The van der Waals surface area contributed by atoms with E-state index in [1.54, 1.807) is 0 Å². The number of sulfonamides is 1. The number of nitrogens with one attached hydrogen (secondary N) is 1. The Kier molecular flexibility index (Phi) is 5.19. The molecule has 1 aliphatic rings. The van der Waals surface area contributed by atoms with Gasteiger partial charge in [0.05, 0.1) is 0 Å². The minimum absolute atomic E-state index is 0.265. The van der Waals surface area contributed by atoms with Gasteiger partial charge < -0.3 is 10.6 Å². The first-order chi connectivity index (χ1) is 9.44. The summed E-state index contributed by atoms with van der Waals surface area (Å²) in [6.07, 6.45) is 2.22. The lowest BCUT2D eigenvalue weighted by Gasteiger charge is -2.29. The van der Waals surface area contributed by atoms with Crippen LogP contribution < -0.4 is 10.5 Å². The molecule has 2 heterocycles. The van der Waals surface area contributed by atoms with Gasteiger partial charge in [-0.05, 0) is 50.2 Å². The van der Waals surface area contributed by atoms with Crippen molar-refractivity contribution in [3.8, 4) is 0 Å². The normalized spacial score (nSPS) is 21.2. The molecule has 20 heavy (non-hydrogen) atoms. The molecule has 114 valence electrons. The van der Waals surface area contributed by atoms with Crippen molar-refractivity contribution in [2.75, 3.05) is 26.7 Å². The van der Waals surface area contributed by atoms with Crippen molar-refractivity contribution in [3.63, 3.8) is 0 Å². The van der Waals surface area contributed by atoms with Crippen molar-refractivity contribution in [2.24, 2.45) is 11.7 Å². The lowest BCUT2D eigenvalue weighted by atomic mass is 9.99. The number of hydrogen-bond acceptors (Lipinski definition) is 5. The molecule has 3 N–H and O–H groups in total. The van der Waals surface area contributed by atoms with Crippen LogP contribution in [0.1, 0.15) is 23.3 Å². The number of likely N-dealkylation sites (tertiary alicyclic amines) is 1. The van der Waals surface area contributed by atoms with Crippen molar-refractivity contribution in [2.45, 2.75) is 31.2 Å². The summed E-state index contributed by atoms with van der Waals surface area (Å²) in [4.78, 5) is 3.37. The van der Waals surface area contributed by atoms with E-state index in [9.17, 15) is 8.42 Å². The van der Waals surface area contributed by atoms with Crippen molar-refractivity contribution in [1.82, 2.24) is 9.62 Å². The number of nitrogens with zero attached hydrogens (tertiary/aromatic N) is 1. The lowest BCUT2D eigenvalue weighted by molar-refractivity contribution is 0.211. The Hall–Kier alpha value is -0.470. The van der Waals surface area contributed by atoms with E-state index < -0.39 is 10.0 Å². The Morgan fingerprint density at radius 3 is 2.95 bits per heavy atom. The first-order valence-electron chi connectivity index (χ1n) is 6.89. The van der Waals surface area contributed by atoms with E-state index in [1.165, 1.54) is 11.3 Å². The van der Waals surface area contributed by atoms with Gasteiger partial charge in [-0.15, -0.1) is 11.3 Å². The maximum atomic E-state index is 12.4. The second-order valence-corrected chi connectivity index (χ2v) is 8.17. The molecular formula is C13H23N3O2S2. The molecule has 1 atom stereocenters. The van der Waals surface area contributed by atoms with Gasteiger partial charge in [0.1, 0.15) is 4.90 Å². The van der Waals surface area contributed by atoms with E-state index in [2.05, 4.69) is 16.7 Å². The maximum absolute atomic E-state index is 12.4. The highest BCUT2D eigenvalue weighted by Gasteiger charge is 2.24. The minimum Gasteiger partial charge on any atom is -0.326 e. The second kappa shape index (κ2) is 6.53. The van der Waals surface area contributed by atoms with Crippen LogP contribution in [0.2, 0.25) is 0 Å². The molecule has 0 amide bonds. The van der Waals surface area contributed by atoms with Crippen molar-refractivity contribution in [3.05, 3.63) is 15.8 Å². The predicted octanol–water partition coefficient (Wildman–Crippen LogP) is 1.14. The number of thiophene rings is 1. The van der Waals surface area contributed by atoms with Gasteiger partial charge in [-0.25, -0.2) is 13.1 Å². The van der Waals surface area contributed by atoms with Gasteiger partial charge in [-0.1, -0.05) is 0 Å². The van der Waals surface area contributed by atoms with Crippen LogP contribution in [0.15, 0.2) is 10.3 Å². The fraction of sp³-hybridized carbons (Fsp3) is 0.692. The Morgan fingerprint density at radius 2 is 2.30 bits per heavy atom. The van der Waals surface area contributed by atoms with Crippen LogP contribution >= 0.6 is 11.3 Å². The molecule has 1 aromatic rings. The molecule has 1 unspecified atom stereocenters. The lowest BCUT2D eigenvalue weighted by Crippen LogP contribution is -2.39. The topological polar surface area (TPSA) is 75.4 Å². The van der Waals surface area contributed by atoms with E-state index in [0.29, 0.717) is 17.4 Å². The van der Waals surface area contributed by atoms with Crippen LogP contribution in [0.5, 0.6) is 0 Å². The number of nitrogens with two attached hydrogens (primary N) is 1. The first kappa shape index (κ1) is 15.9. The molecule has 1 aromatic heterocycles. The predicted molar refractivity (Wildman–Crippen MR) is 82.4 cm³/mol. The van der Waals surface area contributed by atoms with Gasteiger partial charge in [0.25, 0.3) is 0 Å². The van der Waals surface area contributed by atoms with Gasteiger partial charge in [-0.2, -0.15) is 0 Å². The van der Waals surface area contributed by atoms with Crippen molar-refractivity contribution < 1.29 is 8.42 Å². The highest BCUT2D eigenvalue weighted by atomic mass is 32.2. The van der Waals surface area contributed by atoms with Crippen molar-refractivity contribution in [1.29, 1.82) is 0 Å². The number of hydrogen-bond donors (Lipinski definition) is 2. The summed E-state index contributed by atoms with van der Waals surface area (Å²) in [5, 5.41) is 1.85. The third-order valence-corrected chi connectivity index (χ3v) is 6.64. The zero-order valence-corrected chi connectivity index (χ0v) is 13.7. The first-order valence-corrected chi connectivity index (χ1v) is 9.25. The maximum Gasteiger partial charge on any atom is 0.241 e. The van der Waals surface area contributed by atoms with Crippen LogP contribution in [-0.4, -0.2) is 40.0 Å². The Balaban J connectivity index is 2.05. The summed E-state index contributed by atoms with van der Waals surface area (Å²) in [6.45, 7) is 4.64. The van der Waals surface area contributed by atoms with Crippen LogP contribution in [0, 0.1) is 12.8 Å². The molecule has 0 aromatic carbocycles. The van der Waals surface area contributed by atoms with Crippen LogP contribution in [-0.2, 0) is 16.6 Å². The molecule has 7 heteroatoms. The monoisotopic (exact) mass is 317 g/mol. The van der Waals surface area contributed by atoms with E-state index in [-0.39, 0.29) is 6.54 Å². The third-order valence-electron chi connectivity index (χ3n) is 3.73. The van der Waals surface area contributed by atoms with Gasteiger partial charge in [0.2, 0.25) is 10.0 Å². The molecule has 0 aliphatic carbocycles. The summed E-state index contributed by atoms with van der Waals surface area (Å²) in [6, 6.07) is 0. The third kappa shape index (κ3) is 3.59. The number of piperidine rings is 1. The van der Waals surface area contributed by atoms with Crippen LogP contribution in [0.4, 0.5) is 0 Å². The molecule has 2 rings (SSSR count). The Labute approximate surface area is 125 Å². The standard InChI is InChI=1S/C13H23N3O2S2/c1-10-9-19-12(6-14)13(10)20(17,18)15-7-11-4-3-5-16(2)8-11/h9,11,15H,3-8,14H2,1-2H3. The van der Waals surface area contributed by atoms with Crippen molar-refractivity contribution >= 4 is 21.4 Å². The highest BCUT2D eigenvalue weighted by molar-refractivity contribution is 7.89. The summed E-state index contributed by atoms with van der Waals surface area (Å²) in [5.74, 6) is 0.392. The number of rotatable bonds is 5. The molecular weight excluding hydrogens is 294 g/mol. The second-order valence-electron chi connectivity index (χ2n) is 5.50. The zero-order chi connectivity index (χ0) is 14.8.